The van der Waals surface area contributed by atoms with Gasteiger partial charge in [-0.1, -0.05) is 30.3 Å². The predicted molar refractivity (Wildman–Crippen MR) is 70.8 cm³/mol. The second-order valence-electron chi connectivity index (χ2n) is 4.97. The van der Waals surface area contributed by atoms with Gasteiger partial charge >= 0.3 is 0 Å². The van der Waals surface area contributed by atoms with E-state index in [0.717, 1.165) is 12.2 Å². The molecule has 1 aliphatic rings. The third-order valence-electron chi connectivity index (χ3n) is 3.80. The molecule has 1 aromatic carbocycles. The highest BCUT2D eigenvalue weighted by Crippen LogP contribution is 2.49. The first-order chi connectivity index (χ1) is 8.88. The van der Waals surface area contributed by atoms with Gasteiger partial charge < -0.3 is 4.42 Å². The van der Waals surface area contributed by atoms with Crippen molar-refractivity contribution in [3.63, 3.8) is 0 Å². The maximum absolute atomic E-state index is 5.68. The molecule has 0 amide bonds. The average Bonchev–Trinajstić information content (AvgIpc) is 3.05. The second-order valence-corrected chi connectivity index (χ2v) is 4.97. The van der Waals surface area contributed by atoms with Crippen LogP contribution in [0.2, 0.25) is 0 Å². The maximum Gasteiger partial charge on any atom is 0.105 e. The van der Waals surface area contributed by atoms with Crippen molar-refractivity contribution in [3.8, 4) is 0 Å². The lowest BCUT2D eigenvalue weighted by Gasteiger charge is -2.14. The average molecular weight is 242 g/mol. The Morgan fingerprint density at radius 3 is 2.72 bits per heavy atom. The Balaban J connectivity index is 1.65. The number of hydrazine groups is 1. The van der Waals surface area contributed by atoms with Crippen molar-refractivity contribution in [2.75, 3.05) is 0 Å². The summed E-state index contributed by atoms with van der Waals surface area (Å²) >= 11 is 0. The van der Waals surface area contributed by atoms with Crippen molar-refractivity contribution < 1.29 is 4.42 Å². The molecule has 0 saturated heterocycles. The van der Waals surface area contributed by atoms with Crippen LogP contribution in [0.4, 0.5) is 0 Å². The molecule has 94 valence electrons. The standard InChI is InChI=1S/C15H18N2O/c16-17-15(9-12-7-4-8-18-12)14-10-13(14)11-5-2-1-3-6-11/h1-8,13-15,17H,9-10,16H2. The Bertz CT molecular complexity index is 480. The van der Waals surface area contributed by atoms with Crippen LogP contribution >= 0.6 is 0 Å². The monoisotopic (exact) mass is 242 g/mol. The van der Waals surface area contributed by atoms with Gasteiger partial charge in [0.25, 0.3) is 0 Å². The van der Waals surface area contributed by atoms with Crippen LogP contribution in [0.3, 0.4) is 0 Å². The summed E-state index contributed by atoms with van der Waals surface area (Å²) in [6.45, 7) is 0. The lowest BCUT2D eigenvalue weighted by Crippen LogP contribution is -2.38. The number of furan rings is 1. The van der Waals surface area contributed by atoms with Crippen molar-refractivity contribution in [2.45, 2.75) is 24.8 Å². The van der Waals surface area contributed by atoms with Gasteiger partial charge in [0.2, 0.25) is 0 Å². The van der Waals surface area contributed by atoms with Crippen LogP contribution in [0.15, 0.2) is 53.1 Å². The molecule has 0 radical (unpaired) electrons. The van der Waals surface area contributed by atoms with Crippen molar-refractivity contribution in [2.24, 2.45) is 11.8 Å². The minimum atomic E-state index is 0.293. The smallest absolute Gasteiger partial charge is 0.105 e. The molecule has 0 aliphatic heterocycles. The van der Waals surface area contributed by atoms with Crippen LogP contribution in [0.5, 0.6) is 0 Å². The van der Waals surface area contributed by atoms with Crippen molar-refractivity contribution >= 4 is 0 Å². The molecule has 3 heteroatoms. The number of hydrogen-bond acceptors (Lipinski definition) is 3. The second kappa shape index (κ2) is 4.96. The molecule has 1 saturated carbocycles. The van der Waals surface area contributed by atoms with Crippen molar-refractivity contribution in [1.29, 1.82) is 0 Å². The van der Waals surface area contributed by atoms with Crippen LogP contribution in [-0.2, 0) is 6.42 Å². The predicted octanol–water partition coefficient (Wildman–Crippen LogP) is 2.46. The van der Waals surface area contributed by atoms with E-state index in [1.807, 2.05) is 12.1 Å². The summed E-state index contributed by atoms with van der Waals surface area (Å²) in [4.78, 5) is 0. The Kier molecular flexibility index (Phi) is 3.17. The van der Waals surface area contributed by atoms with Gasteiger partial charge in [0, 0.05) is 12.5 Å². The van der Waals surface area contributed by atoms with Gasteiger partial charge in [-0.2, -0.15) is 0 Å². The molecule has 3 unspecified atom stereocenters. The molecule has 1 heterocycles. The number of nitrogens with two attached hydrogens (primary N) is 1. The fourth-order valence-electron chi connectivity index (χ4n) is 2.72. The first-order valence-electron chi connectivity index (χ1n) is 6.42. The van der Waals surface area contributed by atoms with Gasteiger partial charge in [0.1, 0.15) is 5.76 Å². The molecule has 3 rings (SSSR count). The lowest BCUT2D eigenvalue weighted by molar-refractivity contribution is 0.413. The molecule has 3 nitrogen and oxygen atoms in total. The topological polar surface area (TPSA) is 51.2 Å². The van der Waals surface area contributed by atoms with Crippen LogP contribution in [0.1, 0.15) is 23.7 Å². The largest absolute Gasteiger partial charge is 0.469 e. The van der Waals surface area contributed by atoms with E-state index in [4.69, 9.17) is 10.3 Å². The van der Waals surface area contributed by atoms with Gasteiger partial charge in [-0.25, -0.2) is 0 Å². The highest BCUT2D eigenvalue weighted by atomic mass is 16.3. The number of rotatable bonds is 5. The molecular formula is C15H18N2O. The summed E-state index contributed by atoms with van der Waals surface area (Å²) in [5.41, 5.74) is 4.36. The van der Waals surface area contributed by atoms with Crippen molar-refractivity contribution in [1.82, 2.24) is 5.43 Å². The summed E-state index contributed by atoms with van der Waals surface area (Å²) in [6.07, 6.45) is 3.78. The summed E-state index contributed by atoms with van der Waals surface area (Å²) in [7, 11) is 0. The van der Waals surface area contributed by atoms with E-state index in [1.54, 1.807) is 6.26 Å². The molecule has 3 atom stereocenters. The van der Waals surface area contributed by atoms with E-state index < -0.39 is 0 Å². The highest BCUT2D eigenvalue weighted by Gasteiger charge is 2.43. The van der Waals surface area contributed by atoms with Crippen molar-refractivity contribution in [3.05, 3.63) is 60.1 Å². The number of hydrogen-bond donors (Lipinski definition) is 2. The van der Waals surface area contributed by atoms with Gasteiger partial charge in [-0.3, -0.25) is 11.3 Å². The Hall–Kier alpha value is -1.58. The molecule has 2 aromatic rings. The minimum Gasteiger partial charge on any atom is -0.469 e. The third kappa shape index (κ3) is 2.33. The van der Waals surface area contributed by atoms with E-state index in [1.165, 1.54) is 12.0 Å². The molecule has 1 aromatic heterocycles. The summed E-state index contributed by atoms with van der Waals surface area (Å²) in [6, 6.07) is 14.9. The number of nitrogens with one attached hydrogen (secondary N) is 1. The molecule has 18 heavy (non-hydrogen) atoms. The van der Waals surface area contributed by atoms with E-state index in [2.05, 4.69) is 35.8 Å². The third-order valence-corrected chi connectivity index (χ3v) is 3.80. The number of benzene rings is 1. The maximum atomic E-state index is 5.68. The van der Waals surface area contributed by atoms with Crippen LogP contribution in [0, 0.1) is 5.92 Å². The first-order valence-corrected chi connectivity index (χ1v) is 6.42. The SMILES string of the molecule is NNC(Cc1ccco1)C1CC1c1ccccc1. The van der Waals surface area contributed by atoms with Gasteiger partial charge in [0.15, 0.2) is 0 Å². The van der Waals surface area contributed by atoms with Gasteiger partial charge in [-0.05, 0) is 36.0 Å². The molecule has 1 aliphatic carbocycles. The first kappa shape index (κ1) is 11.5. The van der Waals surface area contributed by atoms with E-state index in [9.17, 15) is 0 Å². The molecule has 0 bridgehead atoms. The lowest BCUT2D eigenvalue weighted by atomic mass is 10.0. The van der Waals surface area contributed by atoms with Crippen LogP contribution in [-0.4, -0.2) is 6.04 Å². The van der Waals surface area contributed by atoms with Gasteiger partial charge in [0.05, 0.1) is 6.26 Å². The normalized spacial score (nSPS) is 23.8. The highest BCUT2D eigenvalue weighted by molar-refractivity contribution is 5.27. The molecule has 0 spiro atoms. The fraction of sp³-hybridized carbons (Fsp3) is 0.333. The molecular weight excluding hydrogens is 224 g/mol. The van der Waals surface area contributed by atoms with Gasteiger partial charge in [-0.15, -0.1) is 0 Å². The van der Waals surface area contributed by atoms with E-state index in [-0.39, 0.29) is 0 Å². The zero-order valence-electron chi connectivity index (χ0n) is 10.3. The van der Waals surface area contributed by atoms with E-state index in [0.29, 0.717) is 17.9 Å². The Labute approximate surface area is 107 Å². The van der Waals surface area contributed by atoms with Crippen LogP contribution < -0.4 is 11.3 Å². The van der Waals surface area contributed by atoms with E-state index >= 15 is 0 Å². The minimum absolute atomic E-state index is 0.293. The molecule has 1 fully saturated rings. The Morgan fingerprint density at radius 2 is 2.06 bits per heavy atom. The summed E-state index contributed by atoms with van der Waals surface area (Å²) < 4.78 is 5.39. The zero-order chi connectivity index (χ0) is 12.4. The fourth-order valence-corrected chi connectivity index (χ4v) is 2.72. The Morgan fingerprint density at radius 1 is 1.22 bits per heavy atom. The summed E-state index contributed by atoms with van der Waals surface area (Å²) in [5.74, 6) is 7.93. The zero-order valence-corrected chi connectivity index (χ0v) is 10.3. The molecule has 3 N–H and O–H groups in total. The van der Waals surface area contributed by atoms with Crippen LogP contribution in [0.25, 0.3) is 0 Å². The quantitative estimate of drug-likeness (QED) is 0.625. The summed E-state index contributed by atoms with van der Waals surface area (Å²) in [5, 5.41) is 0.